The maximum atomic E-state index is 8.79. The highest BCUT2D eigenvalue weighted by Crippen LogP contribution is 2.23. The van der Waals surface area contributed by atoms with E-state index in [2.05, 4.69) is 11.8 Å². The van der Waals surface area contributed by atoms with Crippen molar-refractivity contribution in [3.63, 3.8) is 0 Å². The molecule has 0 spiro atoms. The maximum Gasteiger partial charge on any atom is 0.0431 e. The predicted octanol–water partition coefficient (Wildman–Crippen LogP) is 4.22. The molecule has 114 valence electrons. The van der Waals surface area contributed by atoms with Crippen molar-refractivity contribution >= 4 is 0 Å². The summed E-state index contributed by atoms with van der Waals surface area (Å²) < 4.78 is 0. The Morgan fingerprint density at radius 2 is 1.58 bits per heavy atom. The van der Waals surface area contributed by atoms with Gasteiger partial charge in [0.25, 0.3) is 0 Å². The average Bonchev–Trinajstić information content (AvgIpc) is 2.44. The molecule has 0 atom stereocenters. The standard InChI is InChI=1S/C17H35NO/c1-2-3-4-5-6-7-10-17-11-14-18(15-12-17)13-8-9-16-19/h17,19H,2-16H2,1H3. The fourth-order valence-corrected chi connectivity index (χ4v) is 3.16. The predicted molar refractivity (Wildman–Crippen MR) is 83.5 cm³/mol. The first-order valence-electron chi connectivity index (χ1n) is 8.70. The summed E-state index contributed by atoms with van der Waals surface area (Å²) in [6.45, 7) is 6.44. The summed E-state index contributed by atoms with van der Waals surface area (Å²) in [5, 5.41) is 8.79. The molecule has 1 fully saturated rings. The Balaban J connectivity index is 1.92. The van der Waals surface area contributed by atoms with E-state index in [-0.39, 0.29) is 0 Å². The first-order valence-corrected chi connectivity index (χ1v) is 8.70. The molecule has 19 heavy (non-hydrogen) atoms. The molecule has 0 saturated carbocycles. The maximum absolute atomic E-state index is 8.79. The van der Waals surface area contributed by atoms with Crippen molar-refractivity contribution in [2.75, 3.05) is 26.2 Å². The van der Waals surface area contributed by atoms with Crippen LogP contribution in [0.1, 0.15) is 77.6 Å². The molecule has 0 unspecified atom stereocenters. The molecule has 0 aromatic heterocycles. The third-order valence-electron chi connectivity index (χ3n) is 4.56. The molecule has 0 aromatic rings. The van der Waals surface area contributed by atoms with Crippen molar-refractivity contribution in [2.24, 2.45) is 5.92 Å². The monoisotopic (exact) mass is 269 g/mol. The van der Waals surface area contributed by atoms with Crippen molar-refractivity contribution in [1.82, 2.24) is 4.90 Å². The normalized spacial score (nSPS) is 18.0. The number of hydrogen-bond acceptors (Lipinski definition) is 2. The molecule has 1 N–H and O–H groups in total. The Bertz CT molecular complexity index is 185. The zero-order chi connectivity index (χ0) is 13.8. The van der Waals surface area contributed by atoms with Gasteiger partial charge in [0, 0.05) is 6.61 Å². The number of rotatable bonds is 11. The molecule has 1 saturated heterocycles. The quantitative estimate of drug-likeness (QED) is 0.568. The second kappa shape index (κ2) is 11.7. The molecule has 0 aromatic carbocycles. The Kier molecular flexibility index (Phi) is 10.5. The molecule has 0 aliphatic carbocycles. The van der Waals surface area contributed by atoms with Crippen molar-refractivity contribution in [3.05, 3.63) is 0 Å². The van der Waals surface area contributed by atoms with Gasteiger partial charge in [-0.3, -0.25) is 0 Å². The van der Waals surface area contributed by atoms with E-state index < -0.39 is 0 Å². The second-order valence-electron chi connectivity index (χ2n) is 6.27. The molecule has 1 rings (SSSR count). The topological polar surface area (TPSA) is 23.5 Å². The highest BCUT2D eigenvalue weighted by Gasteiger charge is 2.18. The number of aliphatic hydroxyl groups excluding tert-OH is 1. The second-order valence-corrected chi connectivity index (χ2v) is 6.27. The lowest BCUT2D eigenvalue weighted by Crippen LogP contribution is -2.34. The lowest BCUT2D eigenvalue weighted by atomic mass is 9.91. The molecular weight excluding hydrogens is 234 g/mol. The van der Waals surface area contributed by atoms with Crippen molar-refractivity contribution in [1.29, 1.82) is 0 Å². The molecular formula is C17H35NO. The van der Waals surface area contributed by atoms with Crippen LogP contribution in [-0.2, 0) is 0 Å². The summed E-state index contributed by atoms with van der Waals surface area (Å²) in [5.74, 6) is 1.00. The minimum atomic E-state index is 0.356. The Hall–Kier alpha value is -0.0800. The average molecular weight is 269 g/mol. The van der Waals surface area contributed by atoms with Crippen LogP contribution in [0, 0.1) is 5.92 Å². The van der Waals surface area contributed by atoms with E-state index in [0.717, 1.165) is 12.3 Å². The van der Waals surface area contributed by atoms with Gasteiger partial charge in [0.05, 0.1) is 0 Å². The number of piperidine rings is 1. The zero-order valence-corrected chi connectivity index (χ0v) is 13.1. The van der Waals surface area contributed by atoms with E-state index in [4.69, 9.17) is 5.11 Å². The first-order chi connectivity index (χ1) is 9.36. The van der Waals surface area contributed by atoms with E-state index in [1.807, 2.05) is 0 Å². The molecule has 1 heterocycles. The summed E-state index contributed by atoms with van der Waals surface area (Å²) in [7, 11) is 0. The van der Waals surface area contributed by atoms with Crippen LogP contribution >= 0.6 is 0 Å². The summed E-state index contributed by atoms with van der Waals surface area (Å²) in [6, 6.07) is 0. The number of unbranched alkanes of at least 4 members (excludes halogenated alkanes) is 6. The fourth-order valence-electron chi connectivity index (χ4n) is 3.16. The van der Waals surface area contributed by atoms with E-state index >= 15 is 0 Å². The lowest BCUT2D eigenvalue weighted by Gasteiger charge is -2.32. The van der Waals surface area contributed by atoms with Gasteiger partial charge in [-0.05, 0) is 51.2 Å². The zero-order valence-electron chi connectivity index (χ0n) is 13.1. The van der Waals surface area contributed by atoms with E-state index in [1.54, 1.807) is 0 Å². The van der Waals surface area contributed by atoms with E-state index in [9.17, 15) is 0 Å². The molecule has 2 heteroatoms. The molecule has 1 aliphatic rings. The van der Waals surface area contributed by atoms with Crippen LogP contribution in [0.4, 0.5) is 0 Å². The van der Waals surface area contributed by atoms with Crippen molar-refractivity contribution in [2.45, 2.75) is 77.6 Å². The third kappa shape index (κ3) is 8.65. The van der Waals surface area contributed by atoms with Gasteiger partial charge in [0.15, 0.2) is 0 Å². The Morgan fingerprint density at radius 3 is 2.26 bits per heavy atom. The fraction of sp³-hybridized carbons (Fsp3) is 1.00. The van der Waals surface area contributed by atoms with Gasteiger partial charge in [0.1, 0.15) is 0 Å². The van der Waals surface area contributed by atoms with Gasteiger partial charge in [-0.15, -0.1) is 0 Å². The van der Waals surface area contributed by atoms with Crippen LogP contribution in [0.5, 0.6) is 0 Å². The number of hydrogen-bond donors (Lipinski definition) is 1. The van der Waals surface area contributed by atoms with Gasteiger partial charge in [-0.25, -0.2) is 0 Å². The van der Waals surface area contributed by atoms with Crippen molar-refractivity contribution in [3.8, 4) is 0 Å². The molecule has 0 bridgehead atoms. The van der Waals surface area contributed by atoms with Crippen molar-refractivity contribution < 1.29 is 5.11 Å². The van der Waals surface area contributed by atoms with Gasteiger partial charge < -0.3 is 10.0 Å². The smallest absolute Gasteiger partial charge is 0.0431 e. The summed E-state index contributed by atoms with van der Waals surface area (Å²) >= 11 is 0. The molecule has 0 amide bonds. The minimum absolute atomic E-state index is 0.356. The molecule has 1 aliphatic heterocycles. The SMILES string of the molecule is CCCCCCCCC1CCN(CCCCO)CC1. The van der Waals surface area contributed by atoms with Gasteiger partial charge in [-0.2, -0.15) is 0 Å². The van der Waals surface area contributed by atoms with Gasteiger partial charge in [0.2, 0.25) is 0 Å². The van der Waals surface area contributed by atoms with E-state index in [1.165, 1.54) is 83.8 Å². The highest BCUT2D eigenvalue weighted by atomic mass is 16.2. The summed E-state index contributed by atoms with van der Waals surface area (Å²) in [6.07, 6.45) is 15.0. The minimum Gasteiger partial charge on any atom is -0.396 e. The summed E-state index contributed by atoms with van der Waals surface area (Å²) in [4.78, 5) is 2.59. The Morgan fingerprint density at radius 1 is 0.895 bits per heavy atom. The molecule has 2 nitrogen and oxygen atoms in total. The molecule has 0 radical (unpaired) electrons. The van der Waals surface area contributed by atoms with Crippen LogP contribution in [0.25, 0.3) is 0 Å². The lowest BCUT2D eigenvalue weighted by molar-refractivity contribution is 0.169. The van der Waals surface area contributed by atoms with E-state index in [0.29, 0.717) is 6.61 Å². The summed E-state index contributed by atoms with van der Waals surface area (Å²) in [5.41, 5.74) is 0. The highest BCUT2D eigenvalue weighted by molar-refractivity contribution is 4.72. The Labute approximate surface area is 120 Å². The first kappa shape index (κ1) is 17.0. The number of aliphatic hydroxyl groups is 1. The third-order valence-corrected chi connectivity index (χ3v) is 4.56. The van der Waals surface area contributed by atoms with Crippen LogP contribution in [0.15, 0.2) is 0 Å². The van der Waals surface area contributed by atoms with Crippen LogP contribution < -0.4 is 0 Å². The van der Waals surface area contributed by atoms with Crippen LogP contribution in [-0.4, -0.2) is 36.2 Å². The largest absolute Gasteiger partial charge is 0.396 e. The van der Waals surface area contributed by atoms with Crippen LogP contribution in [0.2, 0.25) is 0 Å². The van der Waals surface area contributed by atoms with Gasteiger partial charge >= 0.3 is 0 Å². The number of nitrogens with zero attached hydrogens (tertiary/aromatic N) is 1. The number of likely N-dealkylation sites (tertiary alicyclic amines) is 1. The van der Waals surface area contributed by atoms with Gasteiger partial charge in [-0.1, -0.05) is 51.9 Å². The van der Waals surface area contributed by atoms with Crippen LogP contribution in [0.3, 0.4) is 0 Å².